The Morgan fingerprint density at radius 2 is 2.28 bits per heavy atom. The third kappa shape index (κ3) is 1.96. The van der Waals surface area contributed by atoms with Crippen molar-refractivity contribution in [1.82, 2.24) is 0 Å². The van der Waals surface area contributed by atoms with Gasteiger partial charge in [0.05, 0.1) is 12.0 Å². The first kappa shape index (κ1) is 11.8. The van der Waals surface area contributed by atoms with Gasteiger partial charge in [0.1, 0.15) is 19.2 Å². The van der Waals surface area contributed by atoms with Gasteiger partial charge in [0.15, 0.2) is 5.78 Å². The second-order valence-corrected chi connectivity index (χ2v) is 5.84. The van der Waals surface area contributed by atoms with Crippen molar-refractivity contribution >= 4 is 19.1 Å². The van der Waals surface area contributed by atoms with Gasteiger partial charge in [-0.25, -0.2) is 0 Å². The number of hydrogen-bond acceptors (Lipinski definition) is 2. The second-order valence-electron chi connectivity index (χ2n) is 5.84. The largest absolute Gasteiger partial charge is 0.486 e. The lowest BCUT2D eigenvalue weighted by Gasteiger charge is -2.42. The van der Waals surface area contributed by atoms with Crippen molar-refractivity contribution in [2.75, 3.05) is 0 Å². The quantitative estimate of drug-likeness (QED) is 0.651. The van der Waals surface area contributed by atoms with E-state index in [4.69, 9.17) is 12.6 Å². The molecule has 2 aliphatic rings. The van der Waals surface area contributed by atoms with Crippen molar-refractivity contribution in [2.24, 2.45) is 5.92 Å². The summed E-state index contributed by atoms with van der Waals surface area (Å²) in [5.41, 5.74) is 1.02. The third-order valence-electron chi connectivity index (χ3n) is 4.16. The first-order valence-electron chi connectivity index (χ1n) is 6.70. The van der Waals surface area contributed by atoms with Crippen LogP contribution in [0.25, 0.3) is 0 Å². The van der Waals surface area contributed by atoms with Crippen molar-refractivity contribution in [2.45, 2.75) is 44.6 Å². The van der Waals surface area contributed by atoms with Crippen LogP contribution in [-0.4, -0.2) is 19.2 Å². The van der Waals surface area contributed by atoms with Crippen LogP contribution in [0.2, 0.25) is 0 Å². The Hall–Kier alpha value is -1.25. The molecule has 3 rings (SSSR count). The molecule has 2 unspecified atom stereocenters. The fraction of sp³-hybridized carbons (Fsp3) is 0.533. The molecular weight excluding hydrogens is 223 g/mol. The van der Waals surface area contributed by atoms with Crippen LogP contribution in [0.4, 0.5) is 0 Å². The van der Waals surface area contributed by atoms with Gasteiger partial charge < -0.3 is 4.74 Å². The number of rotatable bonds is 0. The summed E-state index contributed by atoms with van der Waals surface area (Å²) in [6.07, 6.45) is 4.88. The van der Waals surface area contributed by atoms with E-state index in [1.807, 2.05) is 6.07 Å². The average molecular weight is 240 g/mol. The van der Waals surface area contributed by atoms with E-state index >= 15 is 0 Å². The van der Waals surface area contributed by atoms with E-state index in [1.54, 1.807) is 12.1 Å². The van der Waals surface area contributed by atoms with Crippen molar-refractivity contribution in [3.63, 3.8) is 0 Å². The summed E-state index contributed by atoms with van der Waals surface area (Å²) in [4.78, 5) is 12.3. The molecule has 2 nitrogen and oxygen atoms in total. The van der Waals surface area contributed by atoms with Gasteiger partial charge in [0.2, 0.25) is 0 Å². The van der Waals surface area contributed by atoms with Gasteiger partial charge >= 0.3 is 0 Å². The maximum absolute atomic E-state index is 12.3. The lowest BCUT2D eigenvalue weighted by molar-refractivity contribution is -0.000786. The predicted molar refractivity (Wildman–Crippen MR) is 71.8 cm³/mol. The Morgan fingerprint density at radius 3 is 3.06 bits per heavy atom. The van der Waals surface area contributed by atoms with Crippen molar-refractivity contribution < 1.29 is 9.53 Å². The van der Waals surface area contributed by atoms with Crippen molar-refractivity contribution in [3.8, 4) is 5.75 Å². The number of carbonyl (C=O) groups excluding carboxylic acids is 1. The van der Waals surface area contributed by atoms with E-state index in [1.165, 1.54) is 6.42 Å². The van der Waals surface area contributed by atoms with E-state index in [9.17, 15) is 4.79 Å². The highest BCUT2D eigenvalue weighted by atomic mass is 16.5. The number of ether oxygens (including phenoxy) is 1. The number of fused-ring (bicyclic) bond motifs is 1. The third-order valence-corrected chi connectivity index (χ3v) is 4.16. The molecule has 2 atom stereocenters. The molecule has 1 saturated carbocycles. The smallest absolute Gasteiger partial charge is 0.170 e. The number of hydrogen-bond donors (Lipinski definition) is 0. The summed E-state index contributed by atoms with van der Waals surface area (Å²) in [6.45, 7) is 2.24. The molecule has 1 heterocycles. The van der Waals surface area contributed by atoms with E-state index in [-0.39, 0.29) is 11.4 Å². The molecule has 0 bridgehead atoms. The van der Waals surface area contributed by atoms with Crippen LogP contribution >= 0.6 is 0 Å². The molecule has 1 aromatic rings. The molecule has 18 heavy (non-hydrogen) atoms. The van der Waals surface area contributed by atoms with Crippen molar-refractivity contribution in [1.29, 1.82) is 0 Å². The Bertz CT molecular complexity index is 497. The van der Waals surface area contributed by atoms with Gasteiger partial charge in [-0.3, -0.25) is 4.79 Å². The maximum Gasteiger partial charge on any atom is 0.170 e. The zero-order chi connectivity index (χ0) is 12.8. The molecule has 92 valence electrons. The average Bonchev–Trinajstić information content (AvgIpc) is 2.30. The molecule has 2 radical (unpaired) electrons. The number of benzene rings is 1. The normalized spacial score (nSPS) is 30.9. The molecule has 1 aliphatic heterocycles. The van der Waals surface area contributed by atoms with Crippen LogP contribution in [0.1, 0.15) is 49.4 Å². The standard InChI is InChI=1S/C15H17BO2/c1-10-3-2-6-15(8-10)9-13(17)12-7-11(16)4-5-14(12)18-15/h4-5,7,10H,2-3,6,8-9H2,1H3. The van der Waals surface area contributed by atoms with Gasteiger partial charge in [-0.05, 0) is 31.2 Å². The second kappa shape index (κ2) is 4.15. The van der Waals surface area contributed by atoms with Crippen LogP contribution in [0, 0.1) is 5.92 Å². The zero-order valence-corrected chi connectivity index (χ0v) is 10.7. The molecule has 1 aromatic carbocycles. The summed E-state index contributed by atoms with van der Waals surface area (Å²) in [6, 6.07) is 5.37. The van der Waals surface area contributed by atoms with E-state index < -0.39 is 0 Å². The Morgan fingerprint density at radius 1 is 1.44 bits per heavy atom. The molecule has 1 spiro atoms. The molecular formula is C15H17BO2. The van der Waals surface area contributed by atoms with E-state index in [0.29, 0.717) is 23.4 Å². The number of ketones is 1. The van der Waals surface area contributed by atoms with Crippen molar-refractivity contribution in [3.05, 3.63) is 23.8 Å². The Labute approximate surface area is 109 Å². The van der Waals surface area contributed by atoms with Crippen LogP contribution in [0.5, 0.6) is 5.75 Å². The number of carbonyl (C=O) groups is 1. The number of Topliss-reactive ketones (excluding diaryl/α,β-unsaturated/α-hetero) is 1. The van der Waals surface area contributed by atoms with Crippen LogP contribution in [0.3, 0.4) is 0 Å². The molecule has 3 heteroatoms. The van der Waals surface area contributed by atoms with Gasteiger partial charge in [0, 0.05) is 0 Å². The minimum atomic E-state index is -0.252. The SMILES string of the molecule is [B]c1ccc2c(c1)C(=O)CC1(CCCC(C)C1)O2. The predicted octanol–water partition coefficient (Wildman–Crippen LogP) is 2.39. The van der Waals surface area contributed by atoms with Crippen LogP contribution in [-0.2, 0) is 0 Å². The minimum absolute atomic E-state index is 0.178. The topological polar surface area (TPSA) is 26.3 Å². The maximum atomic E-state index is 12.3. The first-order valence-corrected chi connectivity index (χ1v) is 6.70. The monoisotopic (exact) mass is 240 g/mol. The summed E-state index contributed by atoms with van der Waals surface area (Å²) < 4.78 is 6.18. The lowest BCUT2D eigenvalue weighted by Crippen LogP contribution is -2.45. The Kier molecular flexibility index (Phi) is 2.72. The zero-order valence-electron chi connectivity index (χ0n) is 10.7. The molecule has 0 amide bonds. The first-order chi connectivity index (χ1) is 8.58. The molecule has 0 saturated heterocycles. The Balaban J connectivity index is 1.96. The summed E-state index contributed by atoms with van der Waals surface area (Å²) >= 11 is 0. The highest BCUT2D eigenvalue weighted by molar-refractivity contribution is 6.32. The van der Waals surface area contributed by atoms with E-state index in [2.05, 4.69) is 6.92 Å². The van der Waals surface area contributed by atoms with Crippen LogP contribution in [0.15, 0.2) is 18.2 Å². The lowest BCUT2D eigenvalue weighted by atomic mass is 9.74. The fourth-order valence-corrected chi connectivity index (χ4v) is 3.38. The van der Waals surface area contributed by atoms with Gasteiger partial charge in [-0.2, -0.15) is 0 Å². The van der Waals surface area contributed by atoms with E-state index in [0.717, 1.165) is 25.0 Å². The molecule has 0 aromatic heterocycles. The highest BCUT2D eigenvalue weighted by Gasteiger charge is 2.42. The van der Waals surface area contributed by atoms with Gasteiger partial charge in [-0.1, -0.05) is 30.9 Å². The summed E-state index contributed by atoms with van der Waals surface area (Å²) in [5.74, 6) is 1.54. The van der Waals surface area contributed by atoms with Gasteiger partial charge in [-0.15, -0.1) is 0 Å². The van der Waals surface area contributed by atoms with Gasteiger partial charge in [0.25, 0.3) is 0 Å². The van der Waals surface area contributed by atoms with Crippen LogP contribution < -0.4 is 10.2 Å². The summed E-state index contributed by atoms with van der Waals surface area (Å²) in [7, 11) is 5.73. The minimum Gasteiger partial charge on any atom is -0.486 e. The molecule has 0 N–H and O–H groups in total. The molecule has 1 fully saturated rings. The highest BCUT2D eigenvalue weighted by Crippen LogP contribution is 2.43. The molecule has 1 aliphatic carbocycles. The summed E-state index contributed by atoms with van der Waals surface area (Å²) in [5, 5.41) is 0. The fourth-order valence-electron chi connectivity index (χ4n) is 3.38.